The fourth-order valence-corrected chi connectivity index (χ4v) is 2.18. The number of hydrazine groups is 1. The van der Waals surface area contributed by atoms with Crippen LogP contribution >= 0.6 is 11.8 Å². The zero-order valence-electron chi connectivity index (χ0n) is 9.10. The molecule has 1 atom stereocenters. The van der Waals surface area contributed by atoms with Crippen molar-refractivity contribution in [3.05, 3.63) is 12.4 Å². The van der Waals surface area contributed by atoms with Crippen LogP contribution in [0.3, 0.4) is 0 Å². The number of imidazole rings is 1. The van der Waals surface area contributed by atoms with Crippen molar-refractivity contribution in [2.45, 2.75) is 24.3 Å². The molecule has 1 amide bonds. The third kappa shape index (κ3) is 2.97. The van der Waals surface area contributed by atoms with E-state index in [1.165, 1.54) is 11.8 Å². The van der Waals surface area contributed by atoms with Crippen LogP contribution in [0.2, 0.25) is 0 Å². The minimum Gasteiger partial charge on any atom is -0.329 e. The lowest BCUT2D eigenvalue weighted by molar-refractivity contribution is -0.121. The Labute approximate surface area is 93.4 Å². The van der Waals surface area contributed by atoms with Gasteiger partial charge in [-0.2, -0.15) is 0 Å². The second-order valence-electron chi connectivity index (χ2n) is 3.61. The largest absolute Gasteiger partial charge is 0.329 e. The number of carbonyl (C=O) groups is 1. The van der Waals surface area contributed by atoms with Gasteiger partial charge in [0.25, 0.3) is 0 Å². The molecule has 0 aromatic carbocycles. The highest BCUT2D eigenvalue weighted by atomic mass is 32.2. The summed E-state index contributed by atoms with van der Waals surface area (Å²) in [5.74, 6) is 5.17. The van der Waals surface area contributed by atoms with E-state index in [1.54, 1.807) is 6.20 Å². The number of aryl methyl sites for hydroxylation is 1. The Morgan fingerprint density at radius 1 is 1.67 bits per heavy atom. The highest BCUT2D eigenvalue weighted by Gasteiger charge is 2.24. The van der Waals surface area contributed by atoms with Gasteiger partial charge in [0.1, 0.15) is 0 Å². The Kier molecular flexibility index (Phi) is 4.16. The van der Waals surface area contributed by atoms with Crippen molar-refractivity contribution in [3.8, 4) is 0 Å². The lowest BCUT2D eigenvalue weighted by atomic mass is 10.1. The maximum Gasteiger partial charge on any atom is 0.247 e. The Hall–Kier alpha value is -1.01. The molecule has 0 fully saturated rings. The van der Waals surface area contributed by atoms with Crippen LogP contribution < -0.4 is 11.3 Å². The molecular weight excluding hydrogens is 212 g/mol. The molecule has 1 heterocycles. The maximum absolute atomic E-state index is 11.5. The number of thioether (sulfide) groups is 1. The molecule has 0 aliphatic carbocycles. The number of rotatable bonds is 4. The second-order valence-corrected chi connectivity index (χ2v) is 4.72. The molecule has 0 bridgehead atoms. The van der Waals surface area contributed by atoms with Gasteiger partial charge in [0.15, 0.2) is 5.16 Å². The quantitative estimate of drug-likeness (QED) is 0.341. The molecule has 0 aliphatic rings. The van der Waals surface area contributed by atoms with Gasteiger partial charge in [-0.05, 0) is 5.92 Å². The van der Waals surface area contributed by atoms with Gasteiger partial charge < -0.3 is 4.57 Å². The number of aromatic nitrogens is 2. The van der Waals surface area contributed by atoms with Crippen molar-refractivity contribution in [2.24, 2.45) is 18.8 Å². The van der Waals surface area contributed by atoms with Crippen molar-refractivity contribution in [2.75, 3.05) is 0 Å². The van der Waals surface area contributed by atoms with Crippen molar-refractivity contribution in [1.82, 2.24) is 15.0 Å². The third-order valence-corrected chi connectivity index (χ3v) is 3.63. The van der Waals surface area contributed by atoms with E-state index in [-0.39, 0.29) is 17.1 Å². The van der Waals surface area contributed by atoms with Crippen LogP contribution in [0.5, 0.6) is 0 Å². The molecule has 1 aromatic heterocycles. The first-order valence-corrected chi connectivity index (χ1v) is 5.58. The van der Waals surface area contributed by atoms with E-state index in [0.29, 0.717) is 0 Å². The fourth-order valence-electron chi connectivity index (χ4n) is 1.15. The molecule has 15 heavy (non-hydrogen) atoms. The molecule has 1 rings (SSSR count). The van der Waals surface area contributed by atoms with E-state index in [4.69, 9.17) is 5.84 Å². The van der Waals surface area contributed by atoms with E-state index < -0.39 is 0 Å². The van der Waals surface area contributed by atoms with E-state index >= 15 is 0 Å². The number of nitrogens with zero attached hydrogens (tertiary/aromatic N) is 2. The summed E-state index contributed by atoms with van der Waals surface area (Å²) in [5.41, 5.74) is 2.18. The molecule has 1 unspecified atom stereocenters. The van der Waals surface area contributed by atoms with Gasteiger partial charge in [-0.3, -0.25) is 10.2 Å². The molecule has 0 spiro atoms. The maximum atomic E-state index is 11.5. The normalized spacial score (nSPS) is 12.9. The Morgan fingerprint density at radius 2 is 2.33 bits per heavy atom. The lowest BCUT2D eigenvalue weighted by Gasteiger charge is -2.17. The van der Waals surface area contributed by atoms with E-state index in [2.05, 4.69) is 10.4 Å². The molecule has 1 aromatic rings. The van der Waals surface area contributed by atoms with Crippen molar-refractivity contribution in [1.29, 1.82) is 0 Å². The zero-order chi connectivity index (χ0) is 11.4. The van der Waals surface area contributed by atoms with Crippen LogP contribution in [0.15, 0.2) is 17.6 Å². The van der Waals surface area contributed by atoms with Crippen LogP contribution in [0.1, 0.15) is 13.8 Å². The van der Waals surface area contributed by atoms with Crippen LogP contribution in [-0.4, -0.2) is 20.7 Å². The Balaban J connectivity index is 2.76. The molecule has 0 aliphatic heterocycles. The summed E-state index contributed by atoms with van der Waals surface area (Å²) >= 11 is 1.42. The predicted molar refractivity (Wildman–Crippen MR) is 60.0 cm³/mol. The highest BCUT2D eigenvalue weighted by molar-refractivity contribution is 8.00. The van der Waals surface area contributed by atoms with Crippen molar-refractivity contribution < 1.29 is 4.79 Å². The number of hydrogen-bond donors (Lipinski definition) is 2. The van der Waals surface area contributed by atoms with Gasteiger partial charge in [0.05, 0.1) is 5.25 Å². The fraction of sp³-hybridized carbons (Fsp3) is 0.556. The van der Waals surface area contributed by atoms with E-state index in [9.17, 15) is 4.79 Å². The molecular formula is C9H16N4OS. The second kappa shape index (κ2) is 5.18. The first-order chi connectivity index (χ1) is 7.06. The summed E-state index contributed by atoms with van der Waals surface area (Å²) in [6.07, 6.45) is 3.56. The molecule has 5 nitrogen and oxygen atoms in total. The average molecular weight is 228 g/mol. The van der Waals surface area contributed by atoms with Crippen LogP contribution in [0.4, 0.5) is 0 Å². The summed E-state index contributed by atoms with van der Waals surface area (Å²) in [7, 11) is 1.90. The van der Waals surface area contributed by atoms with Gasteiger partial charge in [0, 0.05) is 19.4 Å². The minimum absolute atomic E-state index is 0.169. The molecule has 0 saturated heterocycles. The number of carbonyl (C=O) groups excluding carboxylic acids is 1. The van der Waals surface area contributed by atoms with Crippen LogP contribution in [0.25, 0.3) is 0 Å². The number of amides is 1. The number of hydrogen-bond acceptors (Lipinski definition) is 4. The lowest BCUT2D eigenvalue weighted by Crippen LogP contribution is -2.40. The number of nitrogens with two attached hydrogens (primary N) is 1. The van der Waals surface area contributed by atoms with Crippen LogP contribution in [0, 0.1) is 5.92 Å². The molecule has 0 saturated carbocycles. The first-order valence-electron chi connectivity index (χ1n) is 4.70. The number of nitrogens with one attached hydrogen (secondary N) is 1. The van der Waals surface area contributed by atoms with Crippen LogP contribution in [-0.2, 0) is 11.8 Å². The van der Waals surface area contributed by atoms with Gasteiger partial charge in [-0.1, -0.05) is 25.6 Å². The summed E-state index contributed by atoms with van der Waals surface area (Å²) in [6.45, 7) is 3.96. The van der Waals surface area contributed by atoms with Gasteiger partial charge in [-0.15, -0.1) is 0 Å². The van der Waals surface area contributed by atoms with Gasteiger partial charge in [-0.25, -0.2) is 10.8 Å². The minimum atomic E-state index is -0.212. The van der Waals surface area contributed by atoms with E-state index in [0.717, 1.165) is 5.16 Å². The third-order valence-electron chi connectivity index (χ3n) is 2.02. The van der Waals surface area contributed by atoms with E-state index in [1.807, 2.05) is 31.7 Å². The molecule has 6 heteroatoms. The summed E-state index contributed by atoms with van der Waals surface area (Å²) < 4.78 is 1.88. The topological polar surface area (TPSA) is 72.9 Å². The van der Waals surface area contributed by atoms with Gasteiger partial charge in [0.2, 0.25) is 5.91 Å². The molecule has 0 radical (unpaired) electrons. The summed E-state index contributed by atoms with van der Waals surface area (Å²) in [6, 6.07) is 0. The standard InChI is InChI=1S/C9H16N4OS/c1-6(2)7(8(14)12-10)15-9-11-4-5-13(9)3/h4-7H,10H2,1-3H3,(H,12,14). The van der Waals surface area contributed by atoms with Gasteiger partial charge >= 0.3 is 0 Å². The average Bonchev–Trinajstić information content (AvgIpc) is 2.59. The predicted octanol–water partition coefficient (Wildman–Crippen LogP) is 0.527. The molecule has 3 N–H and O–H groups in total. The SMILES string of the molecule is CC(C)C(Sc1nccn1C)C(=O)NN. The summed E-state index contributed by atoms with van der Waals surface area (Å²) in [4.78, 5) is 15.7. The zero-order valence-corrected chi connectivity index (χ0v) is 9.91. The monoisotopic (exact) mass is 228 g/mol. The molecule has 84 valence electrons. The Bertz CT molecular complexity index is 337. The Morgan fingerprint density at radius 3 is 2.73 bits per heavy atom. The smallest absolute Gasteiger partial charge is 0.247 e. The van der Waals surface area contributed by atoms with Crippen molar-refractivity contribution >= 4 is 17.7 Å². The highest BCUT2D eigenvalue weighted by Crippen LogP contribution is 2.26. The summed E-state index contributed by atoms with van der Waals surface area (Å²) in [5, 5.41) is 0.605. The van der Waals surface area contributed by atoms with Crippen molar-refractivity contribution in [3.63, 3.8) is 0 Å². The first kappa shape index (κ1) is 12.1.